The first-order valence-corrected chi connectivity index (χ1v) is 10.4. The van der Waals surface area contributed by atoms with Crippen molar-refractivity contribution in [3.63, 3.8) is 0 Å². The summed E-state index contributed by atoms with van der Waals surface area (Å²) < 4.78 is 0. The van der Waals surface area contributed by atoms with Crippen molar-refractivity contribution < 1.29 is 0 Å². The summed E-state index contributed by atoms with van der Waals surface area (Å²) in [5, 5.41) is 3.99. The molecule has 0 amide bonds. The van der Waals surface area contributed by atoms with Crippen molar-refractivity contribution in [1.82, 2.24) is 15.0 Å². The zero-order valence-electron chi connectivity index (χ0n) is 16.8. The number of nitrogens with one attached hydrogen (secondary N) is 1. The molecular weight excluding hydrogens is 396 g/mol. The number of hydrogen-bond donors (Lipinski definition) is 1. The van der Waals surface area contributed by atoms with E-state index in [1.54, 1.807) is 6.33 Å². The molecule has 2 aromatic heterocycles. The Labute approximate surface area is 181 Å². The van der Waals surface area contributed by atoms with Gasteiger partial charge in [-0.15, -0.1) is 0 Å². The first-order valence-electron chi connectivity index (χ1n) is 9.98. The van der Waals surface area contributed by atoms with Gasteiger partial charge in [0.25, 0.3) is 0 Å². The van der Waals surface area contributed by atoms with E-state index < -0.39 is 0 Å². The van der Waals surface area contributed by atoms with Gasteiger partial charge in [-0.2, -0.15) is 0 Å². The second-order valence-corrected chi connectivity index (χ2v) is 7.41. The Morgan fingerprint density at radius 3 is 2.93 bits per heavy atom. The Hall–Kier alpha value is -3.25. The number of halogens is 1. The highest BCUT2D eigenvalue weighted by molar-refractivity contribution is 6.30. The number of aryl methyl sites for hydroxylation is 1. The summed E-state index contributed by atoms with van der Waals surface area (Å²) in [4.78, 5) is 20.2. The van der Waals surface area contributed by atoms with Crippen molar-refractivity contribution in [2.75, 3.05) is 16.8 Å². The van der Waals surface area contributed by atoms with Crippen molar-refractivity contribution >= 4 is 35.1 Å². The number of nitrogens with zero attached hydrogens (tertiary/aromatic N) is 5. The number of aliphatic imine (C=N–C) groups is 1. The van der Waals surface area contributed by atoms with E-state index in [9.17, 15) is 0 Å². The van der Waals surface area contributed by atoms with E-state index >= 15 is 0 Å². The van der Waals surface area contributed by atoms with Crippen LogP contribution >= 0.6 is 11.6 Å². The van der Waals surface area contributed by atoms with Crippen LogP contribution in [-0.4, -0.2) is 27.7 Å². The molecule has 1 aliphatic heterocycles. The molecular formula is C23H23ClN6. The highest BCUT2D eigenvalue weighted by Crippen LogP contribution is 2.33. The summed E-state index contributed by atoms with van der Waals surface area (Å²) >= 11 is 6.18. The van der Waals surface area contributed by atoms with Gasteiger partial charge in [0.2, 0.25) is 0 Å². The Kier molecular flexibility index (Phi) is 6.05. The average molecular weight is 419 g/mol. The Morgan fingerprint density at radius 2 is 2.10 bits per heavy atom. The fraction of sp³-hybridized carbons (Fsp3) is 0.217. The minimum atomic E-state index is 0.678. The van der Waals surface area contributed by atoms with Gasteiger partial charge in [0.1, 0.15) is 23.7 Å². The maximum absolute atomic E-state index is 6.18. The van der Waals surface area contributed by atoms with E-state index in [4.69, 9.17) is 16.6 Å². The SMILES string of the molecule is C=C(Nc1cc(CC)ncn1)N1CCC/C=N\c2ccc(-c3cccc(Cl)c3)nc21. The van der Waals surface area contributed by atoms with Crippen molar-refractivity contribution in [1.29, 1.82) is 0 Å². The second-order valence-electron chi connectivity index (χ2n) is 6.97. The highest BCUT2D eigenvalue weighted by Gasteiger charge is 2.19. The molecule has 0 unspecified atom stereocenters. The molecule has 152 valence electrons. The molecule has 4 rings (SSSR count). The number of hydrogen-bond acceptors (Lipinski definition) is 6. The topological polar surface area (TPSA) is 66.3 Å². The molecule has 1 aliphatic rings. The number of aromatic nitrogens is 3. The van der Waals surface area contributed by atoms with Gasteiger partial charge in [-0.25, -0.2) is 15.0 Å². The number of benzene rings is 1. The molecule has 0 bridgehead atoms. The zero-order chi connectivity index (χ0) is 20.9. The van der Waals surface area contributed by atoms with E-state index in [0.29, 0.717) is 16.7 Å². The number of fused-ring (bicyclic) bond motifs is 1. The van der Waals surface area contributed by atoms with Gasteiger partial charge in [-0.1, -0.05) is 37.2 Å². The van der Waals surface area contributed by atoms with Crippen LogP contribution in [0, 0.1) is 0 Å². The number of anilines is 2. The van der Waals surface area contributed by atoms with Crippen LogP contribution in [0.1, 0.15) is 25.5 Å². The molecule has 6 nitrogen and oxygen atoms in total. The summed E-state index contributed by atoms with van der Waals surface area (Å²) in [6.45, 7) is 7.09. The molecule has 0 spiro atoms. The van der Waals surface area contributed by atoms with E-state index in [-0.39, 0.29) is 0 Å². The Balaban J connectivity index is 1.70. The molecule has 1 aromatic carbocycles. The molecule has 0 aliphatic carbocycles. The van der Waals surface area contributed by atoms with E-state index in [0.717, 1.165) is 54.3 Å². The average Bonchev–Trinajstić information content (AvgIpc) is 2.74. The second kappa shape index (κ2) is 9.05. The van der Waals surface area contributed by atoms with Crippen LogP contribution in [0.5, 0.6) is 0 Å². The molecule has 0 saturated carbocycles. The largest absolute Gasteiger partial charge is 0.327 e. The summed E-state index contributed by atoms with van der Waals surface area (Å²) in [5.41, 5.74) is 3.57. The molecule has 3 heterocycles. The molecule has 0 radical (unpaired) electrons. The van der Waals surface area contributed by atoms with Crippen LogP contribution in [0.3, 0.4) is 0 Å². The van der Waals surface area contributed by atoms with Gasteiger partial charge in [-0.05, 0) is 43.5 Å². The fourth-order valence-electron chi connectivity index (χ4n) is 3.30. The van der Waals surface area contributed by atoms with Gasteiger partial charge in [0.05, 0.1) is 5.69 Å². The fourth-order valence-corrected chi connectivity index (χ4v) is 3.49. The summed E-state index contributed by atoms with van der Waals surface area (Å²) in [7, 11) is 0. The third-order valence-electron chi connectivity index (χ3n) is 4.86. The first-order chi connectivity index (χ1) is 14.6. The molecule has 0 saturated heterocycles. The van der Waals surface area contributed by atoms with Crippen LogP contribution in [0.25, 0.3) is 11.3 Å². The van der Waals surface area contributed by atoms with Gasteiger partial charge < -0.3 is 10.2 Å². The minimum absolute atomic E-state index is 0.678. The lowest BCUT2D eigenvalue weighted by atomic mass is 10.1. The maximum Gasteiger partial charge on any atom is 0.160 e. The Bertz CT molecular complexity index is 1090. The first kappa shape index (κ1) is 20.0. The normalized spacial score (nSPS) is 14.4. The predicted molar refractivity (Wildman–Crippen MR) is 124 cm³/mol. The lowest BCUT2D eigenvalue weighted by Gasteiger charge is -2.28. The van der Waals surface area contributed by atoms with E-state index in [1.807, 2.05) is 48.7 Å². The highest BCUT2D eigenvalue weighted by atomic mass is 35.5. The molecule has 0 fully saturated rings. The van der Waals surface area contributed by atoms with Crippen LogP contribution < -0.4 is 10.2 Å². The molecule has 30 heavy (non-hydrogen) atoms. The van der Waals surface area contributed by atoms with Crippen LogP contribution in [0.2, 0.25) is 5.02 Å². The van der Waals surface area contributed by atoms with Gasteiger partial charge in [0, 0.05) is 35.1 Å². The third kappa shape index (κ3) is 4.49. The maximum atomic E-state index is 6.18. The number of rotatable bonds is 5. The van der Waals surface area contributed by atoms with Gasteiger partial charge >= 0.3 is 0 Å². The zero-order valence-corrected chi connectivity index (χ0v) is 17.6. The molecule has 3 aromatic rings. The summed E-state index contributed by atoms with van der Waals surface area (Å²) in [5.74, 6) is 2.17. The molecule has 0 atom stereocenters. The van der Waals surface area contributed by atoms with E-state index in [2.05, 4.69) is 38.7 Å². The lowest BCUT2D eigenvalue weighted by molar-refractivity contribution is 0.806. The van der Waals surface area contributed by atoms with Crippen LogP contribution in [0.15, 0.2) is 66.2 Å². The van der Waals surface area contributed by atoms with Crippen molar-refractivity contribution in [3.05, 3.63) is 71.9 Å². The summed E-state index contributed by atoms with van der Waals surface area (Å²) in [6, 6.07) is 13.6. The number of pyridine rings is 1. The molecule has 1 N–H and O–H groups in total. The van der Waals surface area contributed by atoms with Crippen molar-refractivity contribution in [2.24, 2.45) is 4.99 Å². The van der Waals surface area contributed by atoms with Crippen LogP contribution in [-0.2, 0) is 6.42 Å². The van der Waals surface area contributed by atoms with Gasteiger partial charge in [-0.3, -0.25) is 4.99 Å². The lowest BCUT2D eigenvalue weighted by Crippen LogP contribution is -2.29. The van der Waals surface area contributed by atoms with Crippen LogP contribution in [0.4, 0.5) is 17.3 Å². The summed E-state index contributed by atoms with van der Waals surface area (Å²) in [6.07, 6.45) is 6.19. The monoisotopic (exact) mass is 418 g/mol. The third-order valence-corrected chi connectivity index (χ3v) is 5.10. The van der Waals surface area contributed by atoms with Gasteiger partial charge in [0.15, 0.2) is 5.82 Å². The molecule has 7 heteroatoms. The smallest absolute Gasteiger partial charge is 0.160 e. The standard InChI is InChI=1S/C23H23ClN6/c1-3-19-14-22(27-15-26-19)28-16(2)30-12-5-4-11-25-21-10-9-20(29-23(21)30)17-7-6-8-18(24)13-17/h6-11,13-15H,2-5,12H2,1H3,(H,26,27,28)/b25-11-. The Morgan fingerprint density at radius 1 is 1.20 bits per heavy atom. The van der Waals surface area contributed by atoms with Crippen molar-refractivity contribution in [2.45, 2.75) is 26.2 Å². The predicted octanol–water partition coefficient (Wildman–Crippen LogP) is 5.64. The quantitative estimate of drug-likeness (QED) is 0.580. The van der Waals surface area contributed by atoms with E-state index in [1.165, 1.54) is 0 Å². The van der Waals surface area contributed by atoms with Crippen molar-refractivity contribution in [3.8, 4) is 11.3 Å². The minimum Gasteiger partial charge on any atom is -0.327 e.